The summed E-state index contributed by atoms with van der Waals surface area (Å²) in [6.07, 6.45) is 0.971. The topological polar surface area (TPSA) is 9.23 Å². The molecule has 1 aromatic rings. The van der Waals surface area contributed by atoms with Gasteiger partial charge in [0, 0.05) is 0 Å². The lowest BCUT2D eigenvalue weighted by atomic mass is 9.82. The average molecular weight is 245 g/mol. The molecular weight excluding hydrogens is 228 g/mol. The summed E-state index contributed by atoms with van der Waals surface area (Å²) in [6, 6.07) is 6.83. The first-order chi connectivity index (χ1) is 7.74. The summed E-state index contributed by atoms with van der Waals surface area (Å²) >= 11 is 0. The summed E-state index contributed by atoms with van der Waals surface area (Å²) in [4.78, 5) is 0. The molecule has 0 radical (unpaired) electrons. The van der Waals surface area contributed by atoms with Crippen LogP contribution in [0.3, 0.4) is 0 Å². The summed E-state index contributed by atoms with van der Waals surface area (Å²) in [5.41, 5.74) is 1.14. The summed E-state index contributed by atoms with van der Waals surface area (Å²) in [5.74, 6) is 0.264. The molecule has 0 N–H and O–H groups in total. The Kier molecular flexibility index (Phi) is 4.12. The predicted octanol–water partition coefficient (Wildman–Crippen LogP) is 4.14. The first-order valence-electron chi connectivity index (χ1n) is 5.69. The van der Waals surface area contributed by atoms with Gasteiger partial charge in [0.25, 0.3) is 0 Å². The van der Waals surface area contributed by atoms with Crippen molar-refractivity contribution in [1.29, 1.82) is 0 Å². The number of halogens is 3. The third kappa shape index (κ3) is 4.33. The van der Waals surface area contributed by atoms with Crippen molar-refractivity contribution >= 4 is 6.98 Å². The Balaban J connectivity index is 2.69. The number of hydrogen-bond acceptors (Lipinski definition) is 1. The van der Waals surface area contributed by atoms with E-state index in [2.05, 4.69) is 25.5 Å². The minimum Gasteiger partial charge on any atom is -0.522 e. The van der Waals surface area contributed by atoms with Crippen LogP contribution >= 0.6 is 0 Å². The SMILES string of the molecule is CCC(C)(C)c1ccc(OC[B-](F)(F)F)cc1. The smallest absolute Gasteiger partial charge is 0.515 e. The van der Waals surface area contributed by atoms with E-state index in [0.717, 1.165) is 12.0 Å². The van der Waals surface area contributed by atoms with Crippen LogP contribution in [0.25, 0.3) is 0 Å². The molecule has 1 nitrogen and oxygen atoms in total. The Bertz CT molecular complexity index is 357. The predicted molar refractivity (Wildman–Crippen MR) is 64.3 cm³/mol. The highest BCUT2D eigenvalue weighted by molar-refractivity contribution is 6.58. The van der Waals surface area contributed by atoms with E-state index in [9.17, 15) is 12.9 Å². The van der Waals surface area contributed by atoms with Crippen LogP contribution < -0.4 is 4.74 Å². The van der Waals surface area contributed by atoms with Gasteiger partial charge in [-0.1, -0.05) is 32.9 Å². The van der Waals surface area contributed by atoms with Gasteiger partial charge in [-0.3, -0.25) is 0 Å². The van der Waals surface area contributed by atoms with Crippen molar-refractivity contribution in [3.8, 4) is 5.75 Å². The Morgan fingerprint density at radius 3 is 2.06 bits per heavy atom. The molecule has 0 atom stereocenters. The highest BCUT2D eigenvalue weighted by Crippen LogP contribution is 2.28. The largest absolute Gasteiger partial charge is 0.522 e. The molecule has 0 unspecified atom stereocenters. The molecule has 0 aromatic heterocycles. The molecule has 0 bridgehead atoms. The fourth-order valence-electron chi connectivity index (χ4n) is 1.40. The molecule has 1 rings (SSSR count). The van der Waals surface area contributed by atoms with Gasteiger partial charge in [0.2, 0.25) is 0 Å². The fraction of sp³-hybridized carbons (Fsp3) is 0.500. The van der Waals surface area contributed by atoms with Crippen molar-refractivity contribution in [3.63, 3.8) is 0 Å². The quantitative estimate of drug-likeness (QED) is 0.708. The zero-order valence-electron chi connectivity index (χ0n) is 10.3. The highest BCUT2D eigenvalue weighted by Gasteiger charge is 2.24. The molecule has 0 aliphatic rings. The van der Waals surface area contributed by atoms with Gasteiger partial charge >= 0.3 is 6.98 Å². The van der Waals surface area contributed by atoms with Crippen molar-refractivity contribution in [2.45, 2.75) is 32.6 Å². The number of hydrogen-bond donors (Lipinski definition) is 0. The summed E-state index contributed by atoms with van der Waals surface area (Å²) in [6.45, 7) is 0.205. The van der Waals surface area contributed by atoms with Gasteiger partial charge in [-0.25, -0.2) is 0 Å². The van der Waals surface area contributed by atoms with E-state index in [1.165, 1.54) is 0 Å². The van der Waals surface area contributed by atoms with Gasteiger partial charge in [-0.05, 0) is 29.5 Å². The number of rotatable bonds is 5. The molecule has 17 heavy (non-hydrogen) atoms. The lowest BCUT2D eigenvalue weighted by molar-refractivity contribution is 0.313. The standard InChI is InChI=1S/C12H17BF3O/c1-4-12(2,3)10-5-7-11(8-6-10)17-9-13(14,15)16/h5-8H,4,9H2,1-3H3/q-1. The maximum atomic E-state index is 12.0. The van der Waals surface area contributed by atoms with Gasteiger partial charge in [-0.15, -0.1) is 0 Å². The van der Waals surface area contributed by atoms with Crippen LogP contribution in [0, 0.1) is 0 Å². The lowest BCUT2D eigenvalue weighted by Gasteiger charge is -2.23. The molecule has 0 heterocycles. The second-order valence-corrected chi connectivity index (χ2v) is 4.78. The van der Waals surface area contributed by atoms with Gasteiger partial charge in [0.1, 0.15) is 5.75 Å². The van der Waals surface area contributed by atoms with E-state index in [-0.39, 0.29) is 11.2 Å². The monoisotopic (exact) mass is 245 g/mol. The van der Waals surface area contributed by atoms with E-state index in [0.29, 0.717) is 0 Å². The molecule has 5 heteroatoms. The summed E-state index contributed by atoms with van der Waals surface area (Å²) < 4.78 is 40.7. The second-order valence-electron chi connectivity index (χ2n) is 4.78. The van der Waals surface area contributed by atoms with Gasteiger partial charge in [0.15, 0.2) is 0 Å². The molecule has 0 amide bonds. The first kappa shape index (κ1) is 13.9. The van der Waals surface area contributed by atoms with E-state index in [1.807, 2.05) is 12.1 Å². The van der Waals surface area contributed by atoms with Gasteiger partial charge in [0.05, 0.1) is 6.51 Å². The summed E-state index contributed by atoms with van der Waals surface area (Å²) in [5, 5.41) is 0. The number of benzene rings is 1. The van der Waals surface area contributed by atoms with Gasteiger partial charge in [-0.2, -0.15) is 0 Å². The molecule has 0 aliphatic carbocycles. The van der Waals surface area contributed by atoms with Crippen molar-refractivity contribution in [3.05, 3.63) is 29.8 Å². The molecule has 1 aromatic carbocycles. The minimum absolute atomic E-state index is 0.0342. The van der Waals surface area contributed by atoms with Crippen LogP contribution in [0.2, 0.25) is 0 Å². The third-order valence-electron chi connectivity index (χ3n) is 2.96. The molecule has 0 saturated carbocycles. The summed E-state index contributed by atoms with van der Waals surface area (Å²) in [7, 11) is 0. The van der Waals surface area contributed by atoms with Crippen molar-refractivity contribution < 1.29 is 17.7 Å². The fourth-order valence-corrected chi connectivity index (χ4v) is 1.40. The average Bonchev–Trinajstić information content (AvgIpc) is 2.26. The van der Waals surface area contributed by atoms with Crippen molar-refractivity contribution in [1.82, 2.24) is 0 Å². The van der Waals surface area contributed by atoms with Crippen LogP contribution in [0.4, 0.5) is 12.9 Å². The van der Waals surface area contributed by atoms with Gasteiger partial charge < -0.3 is 17.7 Å². The molecule has 0 spiro atoms. The Morgan fingerprint density at radius 2 is 1.65 bits per heavy atom. The van der Waals surface area contributed by atoms with Crippen LogP contribution in [0.5, 0.6) is 5.75 Å². The van der Waals surface area contributed by atoms with Crippen LogP contribution in [0.15, 0.2) is 24.3 Å². The molecule has 0 aliphatic heterocycles. The highest BCUT2D eigenvalue weighted by atomic mass is 19.4. The van der Waals surface area contributed by atoms with Crippen LogP contribution in [0.1, 0.15) is 32.8 Å². The maximum absolute atomic E-state index is 12.0. The normalized spacial score (nSPS) is 12.6. The van der Waals surface area contributed by atoms with Crippen LogP contribution in [-0.2, 0) is 5.41 Å². The molecule has 96 valence electrons. The second kappa shape index (κ2) is 5.02. The third-order valence-corrected chi connectivity index (χ3v) is 2.96. The maximum Gasteiger partial charge on any atom is 0.515 e. The van der Waals surface area contributed by atoms with Crippen molar-refractivity contribution in [2.24, 2.45) is 0 Å². The minimum atomic E-state index is -4.89. The van der Waals surface area contributed by atoms with Crippen LogP contribution in [-0.4, -0.2) is 13.5 Å². The lowest BCUT2D eigenvalue weighted by Crippen LogP contribution is -2.26. The van der Waals surface area contributed by atoms with E-state index < -0.39 is 13.5 Å². The Labute approximate surface area is 100 Å². The van der Waals surface area contributed by atoms with E-state index in [4.69, 9.17) is 0 Å². The Morgan fingerprint density at radius 1 is 1.12 bits per heavy atom. The molecule has 0 fully saturated rings. The molecular formula is C12H17BF3O-. The zero-order chi connectivity index (χ0) is 13.1. The van der Waals surface area contributed by atoms with E-state index in [1.54, 1.807) is 12.1 Å². The number of ether oxygens (including phenoxy) is 1. The first-order valence-corrected chi connectivity index (χ1v) is 5.69. The van der Waals surface area contributed by atoms with E-state index >= 15 is 0 Å². The van der Waals surface area contributed by atoms with Crippen molar-refractivity contribution in [2.75, 3.05) is 6.51 Å². The Hall–Kier alpha value is -1.13. The molecule has 0 saturated heterocycles. The zero-order valence-corrected chi connectivity index (χ0v) is 10.3.